The van der Waals surface area contributed by atoms with E-state index < -0.39 is 0 Å². The number of hydrogen-bond acceptors (Lipinski definition) is 3. The molecule has 1 amide bonds. The van der Waals surface area contributed by atoms with Gasteiger partial charge in [-0.1, -0.05) is 18.2 Å². The first-order chi connectivity index (χ1) is 12.2. The Bertz CT molecular complexity index is 959. The van der Waals surface area contributed by atoms with Gasteiger partial charge >= 0.3 is 0 Å². The second kappa shape index (κ2) is 6.39. The van der Waals surface area contributed by atoms with Gasteiger partial charge in [-0.3, -0.25) is 9.59 Å². The van der Waals surface area contributed by atoms with Gasteiger partial charge in [0.25, 0.3) is 5.91 Å². The summed E-state index contributed by atoms with van der Waals surface area (Å²) in [5.74, 6) is -0.210. The van der Waals surface area contributed by atoms with Crippen LogP contribution in [0.2, 0.25) is 0 Å². The Hall–Kier alpha value is -3.15. The van der Waals surface area contributed by atoms with Gasteiger partial charge in [0, 0.05) is 18.0 Å². The molecular weight excluding hydrogens is 316 g/mol. The van der Waals surface area contributed by atoms with Gasteiger partial charge in [-0.2, -0.15) is 5.10 Å². The summed E-state index contributed by atoms with van der Waals surface area (Å²) in [6.07, 6.45) is 4.39. The minimum atomic E-state index is -0.210. The maximum Gasteiger partial charge on any atom is 0.272 e. The molecule has 0 saturated heterocycles. The van der Waals surface area contributed by atoms with E-state index in [0.29, 0.717) is 5.69 Å². The normalized spacial score (nSPS) is 16.2. The van der Waals surface area contributed by atoms with Crippen LogP contribution in [0.25, 0.3) is 5.69 Å². The van der Waals surface area contributed by atoms with Crippen LogP contribution in [0.1, 0.15) is 40.6 Å². The highest BCUT2D eigenvalue weighted by molar-refractivity contribution is 5.92. The number of carbonyl (C=O) groups is 1. The fourth-order valence-corrected chi connectivity index (χ4v) is 3.25. The summed E-state index contributed by atoms with van der Waals surface area (Å²) >= 11 is 0. The molecule has 2 aromatic heterocycles. The predicted molar refractivity (Wildman–Crippen MR) is 93.8 cm³/mol. The number of aromatic nitrogens is 3. The fraction of sp³-hybridized carbons (Fsp3) is 0.211. The molecule has 0 saturated carbocycles. The highest BCUT2D eigenvalue weighted by atomic mass is 16.2. The second-order valence-electron chi connectivity index (χ2n) is 6.16. The number of aromatic amines is 1. The molecule has 2 heterocycles. The minimum Gasteiger partial charge on any atom is -0.344 e. The van der Waals surface area contributed by atoms with Gasteiger partial charge in [0.1, 0.15) is 0 Å². The van der Waals surface area contributed by atoms with Gasteiger partial charge in [0.05, 0.1) is 11.7 Å². The number of hydrogen-bond donors (Lipinski definition) is 2. The third kappa shape index (κ3) is 3.10. The average Bonchev–Trinajstić information content (AvgIpc) is 3.13. The highest BCUT2D eigenvalue weighted by Crippen LogP contribution is 2.27. The van der Waals surface area contributed by atoms with Crippen LogP contribution in [0.15, 0.2) is 59.5 Å². The molecule has 0 spiro atoms. The number of amides is 1. The van der Waals surface area contributed by atoms with Gasteiger partial charge in [-0.15, -0.1) is 0 Å². The van der Waals surface area contributed by atoms with Gasteiger partial charge in [-0.05, 0) is 49.1 Å². The van der Waals surface area contributed by atoms with Crippen LogP contribution in [0.5, 0.6) is 0 Å². The molecule has 25 heavy (non-hydrogen) atoms. The Kier molecular flexibility index (Phi) is 3.93. The van der Waals surface area contributed by atoms with Gasteiger partial charge in [0.15, 0.2) is 5.69 Å². The smallest absolute Gasteiger partial charge is 0.272 e. The summed E-state index contributed by atoms with van der Waals surface area (Å²) in [5, 5.41) is 7.40. The van der Waals surface area contributed by atoms with Gasteiger partial charge < -0.3 is 10.3 Å². The first-order valence-corrected chi connectivity index (χ1v) is 8.35. The van der Waals surface area contributed by atoms with E-state index in [2.05, 4.69) is 15.4 Å². The number of nitrogens with one attached hydrogen (secondary N) is 2. The molecule has 0 aliphatic heterocycles. The Morgan fingerprint density at radius 1 is 1.16 bits per heavy atom. The van der Waals surface area contributed by atoms with E-state index in [0.717, 1.165) is 36.2 Å². The number of pyridine rings is 1. The monoisotopic (exact) mass is 334 g/mol. The van der Waals surface area contributed by atoms with Crippen molar-refractivity contribution in [2.45, 2.75) is 25.3 Å². The van der Waals surface area contributed by atoms with E-state index in [1.54, 1.807) is 23.0 Å². The van der Waals surface area contributed by atoms with E-state index in [-0.39, 0.29) is 17.5 Å². The number of aryl methyl sites for hydroxylation is 1. The number of rotatable bonds is 3. The van der Waals surface area contributed by atoms with Crippen molar-refractivity contribution in [2.75, 3.05) is 0 Å². The standard InChI is InChI=1S/C19H18N4O2/c24-18-10-9-14-15(20-18)7-4-8-16(14)21-19(25)17-11-12-23(22-17)13-5-2-1-3-6-13/h1-3,5-6,9-12,16H,4,7-8H2,(H,20,24)(H,21,25)/t16-/m0/s1. The van der Waals surface area contributed by atoms with E-state index in [1.165, 1.54) is 6.07 Å². The fourth-order valence-electron chi connectivity index (χ4n) is 3.25. The molecule has 1 aromatic carbocycles. The summed E-state index contributed by atoms with van der Waals surface area (Å²) < 4.78 is 1.68. The number of para-hydroxylation sites is 1. The Balaban J connectivity index is 1.54. The summed E-state index contributed by atoms with van der Waals surface area (Å²) in [6.45, 7) is 0. The molecule has 1 aliphatic carbocycles. The van der Waals surface area contributed by atoms with Crippen LogP contribution >= 0.6 is 0 Å². The largest absolute Gasteiger partial charge is 0.344 e. The molecule has 0 radical (unpaired) electrons. The number of benzene rings is 1. The van der Waals surface area contributed by atoms with Gasteiger partial charge in [0.2, 0.25) is 5.56 Å². The number of carbonyl (C=O) groups excluding carboxylic acids is 1. The van der Waals surface area contributed by atoms with Crippen molar-refractivity contribution in [2.24, 2.45) is 0 Å². The van der Waals surface area contributed by atoms with Gasteiger partial charge in [-0.25, -0.2) is 4.68 Å². The van der Waals surface area contributed by atoms with Crippen molar-refractivity contribution in [3.8, 4) is 5.69 Å². The zero-order chi connectivity index (χ0) is 17.2. The van der Waals surface area contributed by atoms with Crippen molar-refractivity contribution in [1.29, 1.82) is 0 Å². The SMILES string of the molecule is O=C(N[C@H]1CCCc2[nH]c(=O)ccc21)c1ccn(-c2ccccc2)n1. The van der Waals surface area contributed by atoms with Crippen LogP contribution in [0.4, 0.5) is 0 Å². The molecule has 1 atom stereocenters. The summed E-state index contributed by atoms with van der Waals surface area (Å²) in [4.78, 5) is 26.9. The third-order valence-electron chi connectivity index (χ3n) is 4.48. The molecule has 0 bridgehead atoms. The molecule has 0 fully saturated rings. The Labute approximate surface area is 144 Å². The Morgan fingerprint density at radius 2 is 2.00 bits per heavy atom. The lowest BCUT2D eigenvalue weighted by Gasteiger charge is -2.25. The molecule has 126 valence electrons. The Morgan fingerprint density at radius 3 is 2.84 bits per heavy atom. The lowest BCUT2D eigenvalue weighted by Crippen LogP contribution is -2.32. The van der Waals surface area contributed by atoms with E-state index >= 15 is 0 Å². The quantitative estimate of drug-likeness (QED) is 0.772. The molecule has 1 aliphatic rings. The highest BCUT2D eigenvalue weighted by Gasteiger charge is 2.23. The van der Waals surface area contributed by atoms with E-state index in [1.807, 2.05) is 30.3 Å². The van der Waals surface area contributed by atoms with Crippen LogP contribution in [0, 0.1) is 0 Å². The lowest BCUT2D eigenvalue weighted by molar-refractivity contribution is 0.0927. The molecule has 4 rings (SSSR count). The second-order valence-corrected chi connectivity index (χ2v) is 6.16. The number of nitrogens with zero attached hydrogens (tertiary/aromatic N) is 2. The average molecular weight is 334 g/mol. The van der Waals surface area contributed by atoms with Crippen LogP contribution in [0.3, 0.4) is 0 Å². The number of fused-ring (bicyclic) bond motifs is 1. The first kappa shape index (κ1) is 15.4. The predicted octanol–water partition coefficient (Wildman–Crippen LogP) is 2.37. The topological polar surface area (TPSA) is 79.8 Å². The zero-order valence-electron chi connectivity index (χ0n) is 13.6. The van der Waals surface area contributed by atoms with Crippen LogP contribution in [-0.2, 0) is 6.42 Å². The van der Waals surface area contributed by atoms with Crippen LogP contribution in [-0.4, -0.2) is 20.7 Å². The molecule has 6 heteroatoms. The lowest BCUT2D eigenvalue weighted by atomic mass is 9.91. The minimum absolute atomic E-state index is 0.102. The van der Waals surface area contributed by atoms with Crippen molar-refractivity contribution in [3.05, 3.63) is 82.0 Å². The van der Waals surface area contributed by atoms with E-state index in [9.17, 15) is 9.59 Å². The van der Waals surface area contributed by atoms with Crippen molar-refractivity contribution >= 4 is 5.91 Å². The molecule has 6 nitrogen and oxygen atoms in total. The molecular formula is C19H18N4O2. The summed E-state index contributed by atoms with van der Waals surface area (Å²) in [7, 11) is 0. The number of H-pyrrole nitrogens is 1. The first-order valence-electron chi connectivity index (χ1n) is 8.35. The summed E-state index contributed by atoms with van der Waals surface area (Å²) in [6, 6.07) is 14.6. The van der Waals surface area contributed by atoms with Crippen molar-refractivity contribution in [1.82, 2.24) is 20.1 Å². The maximum absolute atomic E-state index is 12.6. The third-order valence-corrected chi connectivity index (χ3v) is 4.48. The summed E-state index contributed by atoms with van der Waals surface area (Å²) in [5.41, 5.74) is 3.08. The van der Waals surface area contributed by atoms with Crippen LogP contribution < -0.4 is 10.9 Å². The zero-order valence-corrected chi connectivity index (χ0v) is 13.6. The van der Waals surface area contributed by atoms with E-state index in [4.69, 9.17) is 0 Å². The molecule has 0 unspecified atom stereocenters. The van der Waals surface area contributed by atoms with Crippen molar-refractivity contribution in [3.63, 3.8) is 0 Å². The van der Waals surface area contributed by atoms with Crippen molar-refractivity contribution < 1.29 is 4.79 Å². The molecule has 3 aromatic rings. The maximum atomic E-state index is 12.6. The molecule has 2 N–H and O–H groups in total.